The molecule has 2 rings (SSSR count). The predicted molar refractivity (Wildman–Crippen MR) is 45.9 cm³/mol. The molecular weight excluding hydrogens is 158 g/mol. The third kappa shape index (κ3) is 1.18. The van der Waals surface area contributed by atoms with Crippen LogP contribution in [0.5, 0.6) is 0 Å². The van der Waals surface area contributed by atoms with Crippen molar-refractivity contribution in [1.82, 2.24) is 5.16 Å². The van der Waals surface area contributed by atoms with Crippen LogP contribution in [0.2, 0.25) is 0 Å². The van der Waals surface area contributed by atoms with Gasteiger partial charge >= 0.3 is 0 Å². The van der Waals surface area contributed by atoms with E-state index < -0.39 is 0 Å². The molecule has 1 aromatic heterocycles. The molecule has 3 heteroatoms. The second kappa shape index (κ2) is 2.55. The molecule has 0 atom stereocenters. The van der Waals surface area contributed by atoms with Crippen molar-refractivity contribution in [3.63, 3.8) is 0 Å². The lowest BCUT2D eigenvalue weighted by atomic mass is 10.2. The van der Waals surface area contributed by atoms with Gasteiger partial charge < -0.3 is 4.52 Å². The summed E-state index contributed by atoms with van der Waals surface area (Å²) in [4.78, 5) is 0. The second-order valence-electron chi connectivity index (χ2n) is 3.05. The molecule has 0 aromatic carbocycles. The number of hydrogen-bond acceptors (Lipinski definition) is 3. The normalized spacial score (nSPS) is 17.3. The van der Waals surface area contributed by atoms with E-state index in [-0.39, 0.29) is 0 Å². The highest BCUT2D eigenvalue weighted by Gasteiger charge is 2.30. The Balaban J connectivity index is 2.33. The summed E-state index contributed by atoms with van der Waals surface area (Å²) in [7, 11) is 0. The Hall–Kier alpha value is -0.440. The van der Waals surface area contributed by atoms with E-state index in [1.165, 1.54) is 18.4 Å². The molecule has 0 saturated heterocycles. The summed E-state index contributed by atoms with van der Waals surface area (Å²) in [6.07, 6.45) is 2.53. The highest BCUT2D eigenvalue weighted by molar-refractivity contribution is 7.79. The average molecular weight is 169 g/mol. The van der Waals surface area contributed by atoms with Crippen LogP contribution in [0.3, 0.4) is 0 Å². The summed E-state index contributed by atoms with van der Waals surface area (Å²) in [6.45, 7) is 2.07. The zero-order chi connectivity index (χ0) is 7.84. The van der Waals surface area contributed by atoms with Crippen molar-refractivity contribution in [2.45, 2.75) is 31.4 Å². The Morgan fingerprint density at radius 3 is 2.82 bits per heavy atom. The van der Waals surface area contributed by atoms with Crippen LogP contribution in [0.1, 0.15) is 35.8 Å². The molecule has 0 amide bonds. The first-order chi connectivity index (χ1) is 5.33. The van der Waals surface area contributed by atoms with Crippen LogP contribution in [-0.2, 0) is 5.75 Å². The number of nitrogens with zero attached hydrogens (tertiary/aromatic N) is 1. The number of rotatable bonds is 2. The molecular formula is C8H11NOS. The van der Waals surface area contributed by atoms with Gasteiger partial charge in [0.25, 0.3) is 0 Å². The van der Waals surface area contributed by atoms with Crippen LogP contribution in [0, 0.1) is 6.92 Å². The Morgan fingerprint density at radius 2 is 2.36 bits per heavy atom. The van der Waals surface area contributed by atoms with Crippen molar-refractivity contribution in [2.75, 3.05) is 0 Å². The van der Waals surface area contributed by atoms with Gasteiger partial charge in [-0.1, -0.05) is 5.16 Å². The van der Waals surface area contributed by atoms with Crippen molar-refractivity contribution in [1.29, 1.82) is 0 Å². The Morgan fingerprint density at radius 1 is 1.64 bits per heavy atom. The zero-order valence-electron chi connectivity index (χ0n) is 6.50. The third-order valence-electron chi connectivity index (χ3n) is 2.15. The molecule has 1 aliphatic carbocycles. The molecule has 0 aliphatic heterocycles. The number of aromatic nitrogens is 1. The molecule has 0 radical (unpaired) electrons. The SMILES string of the molecule is Cc1c(CS)noc1C1CC1. The first kappa shape index (κ1) is 7.22. The minimum Gasteiger partial charge on any atom is -0.361 e. The number of hydrogen-bond donors (Lipinski definition) is 1. The van der Waals surface area contributed by atoms with Gasteiger partial charge in [0.2, 0.25) is 0 Å². The smallest absolute Gasteiger partial charge is 0.143 e. The van der Waals surface area contributed by atoms with Gasteiger partial charge in [0.05, 0.1) is 5.69 Å². The predicted octanol–water partition coefficient (Wildman–Crippen LogP) is 2.29. The number of thiol groups is 1. The lowest BCUT2D eigenvalue weighted by Gasteiger charge is -1.90. The summed E-state index contributed by atoms with van der Waals surface area (Å²) in [5.74, 6) is 2.44. The van der Waals surface area contributed by atoms with Gasteiger partial charge in [-0.3, -0.25) is 0 Å². The topological polar surface area (TPSA) is 26.0 Å². The fraction of sp³-hybridized carbons (Fsp3) is 0.625. The van der Waals surface area contributed by atoms with Crippen LogP contribution in [-0.4, -0.2) is 5.16 Å². The van der Waals surface area contributed by atoms with Crippen molar-refractivity contribution >= 4 is 12.6 Å². The molecule has 0 spiro atoms. The van der Waals surface area contributed by atoms with E-state index in [1.807, 2.05) is 0 Å². The molecule has 1 aromatic rings. The quantitative estimate of drug-likeness (QED) is 0.687. The minimum atomic E-state index is 0.663. The maximum Gasteiger partial charge on any atom is 0.143 e. The molecule has 0 N–H and O–H groups in total. The van der Waals surface area contributed by atoms with Crippen LogP contribution in [0.4, 0.5) is 0 Å². The first-order valence-electron chi connectivity index (χ1n) is 3.89. The van der Waals surface area contributed by atoms with E-state index in [2.05, 4.69) is 24.7 Å². The first-order valence-corrected chi connectivity index (χ1v) is 4.52. The van der Waals surface area contributed by atoms with E-state index in [0.29, 0.717) is 11.7 Å². The molecule has 2 nitrogen and oxygen atoms in total. The van der Waals surface area contributed by atoms with Crippen LogP contribution in [0.15, 0.2) is 4.52 Å². The summed E-state index contributed by atoms with van der Waals surface area (Å²) < 4.78 is 5.21. The largest absolute Gasteiger partial charge is 0.361 e. The maximum absolute atomic E-state index is 5.21. The minimum absolute atomic E-state index is 0.663. The second-order valence-corrected chi connectivity index (χ2v) is 3.37. The van der Waals surface area contributed by atoms with Gasteiger partial charge in [-0.2, -0.15) is 12.6 Å². The van der Waals surface area contributed by atoms with Gasteiger partial charge in [-0.05, 0) is 19.8 Å². The summed E-state index contributed by atoms with van der Waals surface area (Å²) in [6, 6.07) is 0. The molecule has 60 valence electrons. The molecule has 11 heavy (non-hydrogen) atoms. The lowest BCUT2D eigenvalue weighted by Crippen LogP contribution is -1.82. The average Bonchev–Trinajstić information content (AvgIpc) is 2.77. The lowest BCUT2D eigenvalue weighted by molar-refractivity contribution is 0.379. The Kier molecular flexibility index (Phi) is 1.68. The molecule has 1 aliphatic rings. The van der Waals surface area contributed by atoms with Crippen molar-refractivity contribution < 1.29 is 4.52 Å². The van der Waals surface area contributed by atoms with Gasteiger partial charge in [0.15, 0.2) is 0 Å². The van der Waals surface area contributed by atoms with Crippen LogP contribution >= 0.6 is 12.6 Å². The van der Waals surface area contributed by atoms with E-state index in [1.54, 1.807) is 0 Å². The summed E-state index contributed by atoms with van der Waals surface area (Å²) in [5.41, 5.74) is 2.21. The maximum atomic E-state index is 5.21. The van der Waals surface area contributed by atoms with Crippen molar-refractivity contribution in [3.8, 4) is 0 Å². The van der Waals surface area contributed by atoms with E-state index in [9.17, 15) is 0 Å². The standard InChI is InChI=1S/C8H11NOS/c1-5-7(4-11)9-10-8(5)6-2-3-6/h6,11H,2-4H2,1H3. The van der Waals surface area contributed by atoms with E-state index in [0.717, 1.165) is 11.5 Å². The van der Waals surface area contributed by atoms with Gasteiger partial charge in [-0.25, -0.2) is 0 Å². The van der Waals surface area contributed by atoms with Crippen molar-refractivity contribution in [3.05, 3.63) is 17.0 Å². The summed E-state index contributed by atoms with van der Waals surface area (Å²) >= 11 is 4.16. The molecule has 0 bridgehead atoms. The fourth-order valence-electron chi connectivity index (χ4n) is 1.26. The molecule has 0 unspecified atom stereocenters. The summed E-state index contributed by atoms with van der Waals surface area (Å²) in [5, 5.41) is 3.94. The monoisotopic (exact) mass is 169 g/mol. The highest BCUT2D eigenvalue weighted by atomic mass is 32.1. The Labute approximate surface area is 71.4 Å². The van der Waals surface area contributed by atoms with Crippen LogP contribution in [0.25, 0.3) is 0 Å². The fourth-order valence-corrected chi connectivity index (χ4v) is 1.55. The van der Waals surface area contributed by atoms with Gasteiger partial charge in [-0.15, -0.1) is 0 Å². The Bertz CT molecular complexity index is 265. The van der Waals surface area contributed by atoms with Gasteiger partial charge in [0, 0.05) is 17.2 Å². The van der Waals surface area contributed by atoms with Crippen molar-refractivity contribution in [2.24, 2.45) is 0 Å². The molecule has 1 fully saturated rings. The zero-order valence-corrected chi connectivity index (χ0v) is 7.40. The van der Waals surface area contributed by atoms with Crippen LogP contribution < -0.4 is 0 Å². The highest BCUT2D eigenvalue weighted by Crippen LogP contribution is 2.42. The molecule has 1 saturated carbocycles. The van der Waals surface area contributed by atoms with E-state index in [4.69, 9.17) is 4.52 Å². The van der Waals surface area contributed by atoms with E-state index >= 15 is 0 Å². The third-order valence-corrected chi connectivity index (χ3v) is 2.45. The molecule has 1 heterocycles. The van der Waals surface area contributed by atoms with Gasteiger partial charge in [0.1, 0.15) is 5.76 Å².